The number of sulfonamides is 1. The molecule has 0 unspecified atom stereocenters. The van der Waals surface area contributed by atoms with Crippen molar-refractivity contribution in [1.29, 1.82) is 0 Å². The largest absolute Gasteiger partial charge is 0.504 e. The summed E-state index contributed by atoms with van der Waals surface area (Å²) < 4.78 is 46.2. The second-order valence-corrected chi connectivity index (χ2v) is 3.78. The summed E-state index contributed by atoms with van der Waals surface area (Å²) in [4.78, 5) is -0.841. The van der Waals surface area contributed by atoms with Crippen molar-refractivity contribution in [3.8, 4) is 5.75 Å². The first-order valence-corrected chi connectivity index (χ1v) is 4.58. The molecule has 0 atom stereocenters. The minimum absolute atomic E-state index is 0.564. The van der Waals surface area contributed by atoms with E-state index in [0.717, 1.165) is 0 Å². The third-order valence-corrected chi connectivity index (χ3v) is 2.28. The number of primary sulfonamides is 1. The van der Waals surface area contributed by atoms with Crippen LogP contribution in [-0.2, 0) is 10.0 Å². The summed E-state index contributed by atoms with van der Waals surface area (Å²) in [5, 5.41) is 13.4. The maximum Gasteiger partial charge on any atom is 0.241 e. The number of rotatable bonds is 1. The van der Waals surface area contributed by atoms with Crippen molar-refractivity contribution in [3.63, 3.8) is 0 Å². The summed E-state index contributed by atoms with van der Waals surface area (Å²) in [5.41, 5.74) is 0. The minimum Gasteiger partial charge on any atom is -0.504 e. The van der Waals surface area contributed by atoms with Gasteiger partial charge in [0.05, 0.1) is 0 Å². The molecule has 0 aliphatic heterocycles. The standard InChI is InChI=1S/C6H5F2NO3S/c7-3-1-2-4(13(9,11)12)6(10)5(3)8/h1-2,10H,(H2,9,11,12). The van der Waals surface area contributed by atoms with E-state index in [9.17, 15) is 17.2 Å². The van der Waals surface area contributed by atoms with Crippen LogP contribution in [0, 0.1) is 11.6 Å². The van der Waals surface area contributed by atoms with Gasteiger partial charge in [0, 0.05) is 0 Å². The van der Waals surface area contributed by atoms with E-state index in [-0.39, 0.29) is 0 Å². The molecular weight excluding hydrogens is 204 g/mol. The van der Waals surface area contributed by atoms with E-state index in [1.165, 1.54) is 0 Å². The lowest BCUT2D eigenvalue weighted by atomic mass is 10.3. The van der Waals surface area contributed by atoms with Gasteiger partial charge in [-0.05, 0) is 12.1 Å². The molecule has 0 saturated carbocycles. The van der Waals surface area contributed by atoms with Crippen LogP contribution in [0.5, 0.6) is 5.75 Å². The van der Waals surface area contributed by atoms with Gasteiger partial charge in [0.15, 0.2) is 11.6 Å². The normalized spacial score (nSPS) is 11.6. The first kappa shape index (κ1) is 9.87. The van der Waals surface area contributed by atoms with E-state index < -0.39 is 32.3 Å². The Hall–Kier alpha value is -1.21. The topological polar surface area (TPSA) is 80.4 Å². The summed E-state index contributed by atoms with van der Waals surface area (Å²) in [6.45, 7) is 0. The van der Waals surface area contributed by atoms with Gasteiger partial charge < -0.3 is 5.11 Å². The Morgan fingerprint density at radius 1 is 1.31 bits per heavy atom. The predicted octanol–water partition coefficient (Wildman–Crippen LogP) is 0.318. The molecule has 7 heteroatoms. The van der Waals surface area contributed by atoms with Gasteiger partial charge in [-0.2, -0.15) is 4.39 Å². The fourth-order valence-electron chi connectivity index (χ4n) is 0.752. The van der Waals surface area contributed by atoms with Crippen molar-refractivity contribution < 1.29 is 22.3 Å². The number of aromatic hydroxyl groups is 1. The Kier molecular flexibility index (Phi) is 2.22. The minimum atomic E-state index is -4.23. The molecule has 1 rings (SSSR count). The number of hydrogen-bond donors (Lipinski definition) is 2. The number of phenols is 1. The lowest BCUT2D eigenvalue weighted by molar-refractivity contribution is 0.394. The monoisotopic (exact) mass is 209 g/mol. The third kappa shape index (κ3) is 1.76. The van der Waals surface area contributed by atoms with Crippen LogP contribution >= 0.6 is 0 Å². The summed E-state index contributed by atoms with van der Waals surface area (Å²) in [6.07, 6.45) is 0. The van der Waals surface area contributed by atoms with Gasteiger partial charge in [0.2, 0.25) is 15.8 Å². The Labute approximate surface area is 72.7 Å². The first-order chi connectivity index (χ1) is 5.84. The van der Waals surface area contributed by atoms with Gasteiger partial charge in [0.1, 0.15) is 4.90 Å². The molecule has 0 fully saturated rings. The van der Waals surface area contributed by atoms with E-state index in [2.05, 4.69) is 5.14 Å². The van der Waals surface area contributed by atoms with Gasteiger partial charge in [-0.25, -0.2) is 17.9 Å². The van der Waals surface area contributed by atoms with Crippen molar-refractivity contribution in [1.82, 2.24) is 0 Å². The SMILES string of the molecule is NS(=O)(=O)c1ccc(F)c(F)c1O. The van der Waals surface area contributed by atoms with Crippen LogP contribution < -0.4 is 5.14 Å². The second kappa shape index (κ2) is 2.93. The molecule has 0 heterocycles. The molecule has 4 nitrogen and oxygen atoms in total. The molecule has 0 amide bonds. The number of hydrogen-bond acceptors (Lipinski definition) is 3. The fraction of sp³-hybridized carbons (Fsp3) is 0. The van der Waals surface area contributed by atoms with E-state index in [1.54, 1.807) is 0 Å². The summed E-state index contributed by atoms with van der Waals surface area (Å²) in [5.74, 6) is -4.28. The third-order valence-electron chi connectivity index (χ3n) is 1.34. The number of halogens is 2. The quantitative estimate of drug-likeness (QED) is 0.698. The molecule has 72 valence electrons. The second-order valence-electron chi connectivity index (χ2n) is 2.25. The zero-order valence-electron chi connectivity index (χ0n) is 6.16. The first-order valence-electron chi connectivity index (χ1n) is 3.04. The molecule has 0 bridgehead atoms. The van der Waals surface area contributed by atoms with E-state index in [1.807, 2.05) is 0 Å². The van der Waals surface area contributed by atoms with Crippen LogP contribution in [0.1, 0.15) is 0 Å². The zero-order chi connectivity index (χ0) is 10.2. The lowest BCUT2D eigenvalue weighted by Crippen LogP contribution is -2.13. The predicted molar refractivity (Wildman–Crippen MR) is 39.4 cm³/mol. The van der Waals surface area contributed by atoms with Crippen molar-refractivity contribution in [3.05, 3.63) is 23.8 Å². The number of benzene rings is 1. The van der Waals surface area contributed by atoms with Crippen LogP contribution in [0.2, 0.25) is 0 Å². The molecule has 0 aliphatic carbocycles. The van der Waals surface area contributed by atoms with Crippen molar-refractivity contribution in [2.45, 2.75) is 4.90 Å². The molecule has 0 radical (unpaired) electrons. The molecule has 0 spiro atoms. The van der Waals surface area contributed by atoms with Crippen LogP contribution in [0.4, 0.5) is 8.78 Å². The number of phenolic OH excluding ortho intramolecular Hbond substituents is 1. The van der Waals surface area contributed by atoms with Gasteiger partial charge >= 0.3 is 0 Å². The zero-order valence-corrected chi connectivity index (χ0v) is 6.98. The molecule has 3 N–H and O–H groups in total. The maximum atomic E-state index is 12.6. The van der Waals surface area contributed by atoms with Crippen molar-refractivity contribution >= 4 is 10.0 Å². The Balaban J connectivity index is 3.53. The summed E-state index contributed by atoms with van der Waals surface area (Å²) in [7, 11) is -4.23. The van der Waals surface area contributed by atoms with Gasteiger partial charge in [-0.1, -0.05) is 0 Å². The van der Waals surface area contributed by atoms with Gasteiger partial charge in [-0.15, -0.1) is 0 Å². The molecule has 1 aromatic rings. The molecular formula is C6H5F2NO3S. The number of nitrogens with two attached hydrogens (primary N) is 1. The molecule has 0 aromatic heterocycles. The van der Waals surface area contributed by atoms with Crippen molar-refractivity contribution in [2.24, 2.45) is 5.14 Å². The molecule has 1 aromatic carbocycles. The molecule has 13 heavy (non-hydrogen) atoms. The van der Waals surface area contributed by atoms with Crippen LogP contribution in [-0.4, -0.2) is 13.5 Å². The van der Waals surface area contributed by atoms with Crippen LogP contribution in [0.25, 0.3) is 0 Å². The Morgan fingerprint density at radius 2 is 1.85 bits per heavy atom. The summed E-state index contributed by atoms with van der Waals surface area (Å²) in [6, 6.07) is 1.25. The van der Waals surface area contributed by atoms with E-state index in [4.69, 9.17) is 5.11 Å². The smallest absolute Gasteiger partial charge is 0.241 e. The van der Waals surface area contributed by atoms with Gasteiger partial charge in [0.25, 0.3) is 0 Å². The molecule has 0 saturated heterocycles. The Morgan fingerprint density at radius 3 is 2.31 bits per heavy atom. The maximum absolute atomic E-state index is 12.6. The fourth-order valence-corrected chi connectivity index (χ4v) is 1.37. The average molecular weight is 209 g/mol. The highest BCUT2D eigenvalue weighted by Gasteiger charge is 2.19. The highest BCUT2D eigenvalue weighted by atomic mass is 32.2. The van der Waals surface area contributed by atoms with E-state index in [0.29, 0.717) is 12.1 Å². The van der Waals surface area contributed by atoms with Crippen LogP contribution in [0.3, 0.4) is 0 Å². The lowest BCUT2D eigenvalue weighted by Gasteiger charge is -2.02. The van der Waals surface area contributed by atoms with E-state index >= 15 is 0 Å². The highest BCUT2D eigenvalue weighted by Crippen LogP contribution is 2.26. The average Bonchev–Trinajstić information content (AvgIpc) is 1.98. The van der Waals surface area contributed by atoms with Crippen molar-refractivity contribution in [2.75, 3.05) is 0 Å². The summed E-state index contributed by atoms with van der Waals surface area (Å²) >= 11 is 0. The highest BCUT2D eigenvalue weighted by molar-refractivity contribution is 7.89. The van der Waals surface area contributed by atoms with Gasteiger partial charge in [-0.3, -0.25) is 0 Å². The van der Waals surface area contributed by atoms with Crippen LogP contribution in [0.15, 0.2) is 17.0 Å². The Bertz CT molecular complexity index is 443. The molecule has 0 aliphatic rings.